The zero-order valence-electron chi connectivity index (χ0n) is 11.7. The van der Waals surface area contributed by atoms with Crippen LogP contribution in [0.25, 0.3) is 0 Å². The number of nitrogens with zero attached hydrogens (tertiary/aromatic N) is 4. The zero-order chi connectivity index (χ0) is 14.5. The van der Waals surface area contributed by atoms with Gasteiger partial charge in [-0.05, 0) is 42.0 Å². The van der Waals surface area contributed by atoms with Gasteiger partial charge in [-0.1, -0.05) is 11.6 Å². The van der Waals surface area contributed by atoms with E-state index >= 15 is 0 Å². The molecule has 0 aliphatic carbocycles. The number of anilines is 1. The second-order valence-electron chi connectivity index (χ2n) is 4.94. The molecular weight excluding hydrogens is 284 g/mol. The van der Waals surface area contributed by atoms with Gasteiger partial charge in [0, 0.05) is 36.2 Å². The Morgan fingerprint density at radius 1 is 0.952 bits per heavy atom. The number of benzene rings is 1. The second-order valence-corrected chi connectivity index (χ2v) is 5.38. The highest BCUT2D eigenvalue weighted by molar-refractivity contribution is 6.30. The van der Waals surface area contributed by atoms with Crippen molar-refractivity contribution in [2.24, 2.45) is 5.10 Å². The maximum absolute atomic E-state index is 5.92. The molecule has 2 aromatic rings. The topological polar surface area (TPSA) is 31.7 Å². The van der Waals surface area contributed by atoms with Crippen LogP contribution < -0.4 is 4.90 Å². The summed E-state index contributed by atoms with van der Waals surface area (Å²) in [6, 6.07) is 11.9. The van der Waals surface area contributed by atoms with E-state index < -0.39 is 0 Å². The second kappa shape index (κ2) is 6.59. The predicted octanol–water partition coefficient (Wildman–Crippen LogP) is 2.89. The molecule has 0 spiro atoms. The highest BCUT2D eigenvalue weighted by Crippen LogP contribution is 2.19. The van der Waals surface area contributed by atoms with Crippen molar-refractivity contribution in [1.82, 2.24) is 9.99 Å². The van der Waals surface area contributed by atoms with Gasteiger partial charge in [0.1, 0.15) is 0 Å². The van der Waals surface area contributed by atoms with Crippen LogP contribution in [0, 0.1) is 0 Å². The summed E-state index contributed by atoms with van der Waals surface area (Å²) in [4.78, 5) is 6.35. The average Bonchev–Trinajstić information content (AvgIpc) is 2.55. The third-order valence-electron chi connectivity index (χ3n) is 3.52. The summed E-state index contributed by atoms with van der Waals surface area (Å²) in [5.41, 5.74) is 2.29. The number of hydrazone groups is 1. The normalized spacial score (nSPS) is 15.7. The maximum atomic E-state index is 5.92. The fourth-order valence-electron chi connectivity index (χ4n) is 2.32. The van der Waals surface area contributed by atoms with Crippen LogP contribution in [-0.4, -0.2) is 42.4 Å². The molecule has 0 amide bonds. The minimum atomic E-state index is 0.777. The van der Waals surface area contributed by atoms with E-state index in [1.54, 1.807) is 12.4 Å². The summed E-state index contributed by atoms with van der Waals surface area (Å²) in [6.07, 6.45) is 5.44. The SMILES string of the molecule is Clc1ccc(N2CCN(/N=C\c3ccncc3)CC2)cc1. The number of aromatic nitrogens is 1. The molecule has 4 nitrogen and oxygen atoms in total. The Labute approximate surface area is 129 Å². The van der Waals surface area contributed by atoms with Gasteiger partial charge in [0.15, 0.2) is 0 Å². The third-order valence-corrected chi connectivity index (χ3v) is 3.78. The van der Waals surface area contributed by atoms with Gasteiger partial charge in [-0.15, -0.1) is 0 Å². The van der Waals surface area contributed by atoms with Crippen LogP contribution in [0.3, 0.4) is 0 Å². The van der Waals surface area contributed by atoms with Crippen LogP contribution in [0.2, 0.25) is 5.02 Å². The summed E-state index contributed by atoms with van der Waals surface area (Å²) in [6.45, 7) is 3.78. The van der Waals surface area contributed by atoms with Crippen LogP contribution in [0.15, 0.2) is 53.9 Å². The molecule has 108 valence electrons. The number of halogens is 1. The lowest BCUT2D eigenvalue weighted by Crippen LogP contribution is -2.44. The van der Waals surface area contributed by atoms with E-state index in [9.17, 15) is 0 Å². The lowest BCUT2D eigenvalue weighted by Gasteiger charge is -2.34. The van der Waals surface area contributed by atoms with E-state index in [0.717, 1.165) is 36.8 Å². The van der Waals surface area contributed by atoms with Crippen LogP contribution >= 0.6 is 11.6 Å². The minimum Gasteiger partial charge on any atom is -0.368 e. The first-order chi connectivity index (χ1) is 10.3. The van der Waals surface area contributed by atoms with E-state index in [4.69, 9.17) is 11.6 Å². The molecule has 2 heterocycles. The van der Waals surface area contributed by atoms with Crippen molar-refractivity contribution in [3.63, 3.8) is 0 Å². The van der Waals surface area contributed by atoms with Gasteiger partial charge in [0.25, 0.3) is 0 Å². The molecule has 21 heavy (non-hydrogen) atoms. The molecule has 0 atom stereocenters. The van der Waals surface area contributed by atoms with Gasteiger partial charge < -0.3 is 4.90 Å². The summed E-state index contributed by atoms with van der Waals surface area (Å²) in [7, 11) is 0. The van der Waals surface area contributed by atoms with Crippen molar-refractivity contribution in [1.29, 1.82) is 0 Å². The van der Waals surface area contributed by atoms with Crippen molar-refractivity contribution >= 4 is 23.5 Å². The molecule has 1 fully saturated rings. The fourth-order valence-corrected chi connectivity index (χ4v) is 2.45. The summed E-state index contributed by atoms with van der Waals surface area (Å²) in [5, 5.41) is 7.41. The summed E-state index contributed by atoms with van der Waals surface area (Å²) < 4.78 is 0. The number of hydrogen-bond donors (Lipinski definition) is 0. The van der Waals surface area contributed by atoms with Gasteiger partial charge in [0.05, 0.1) is 19.3 Å². The molecule has 0 N–H and O–H groups in total. The standard InChI is InChI=1S/C16H17ClN4/c17-15-1-3-16(4-2-15)20-9-11-21(12-10-20)19-13-14-5-7-18-8-6-14/h1-8,13H,9-12H2/b19-13-. The molecule has 0 bridgehead atoms. The highest BCUT2D eigenvalue weighted by atomic mass is 35.5. The molecular formula is C16H17ClN4. The number of rotatable bonds is 3. The van der Waals surface area contributed by atoms with Gasteiger partial charge in [-0.3, -0.25) is 9.99 Å². The van der Waals surface area contributed by atoms with Gasteiger partial charge >= 0.3 is 0 Å². The Bertz CT molecular complexity index is 589. The van der Waals surface area contributed by atoms with Crippen LogP contribution in [-0.2, 0) is 0 Å². The molecule has 1 aromatic heterocycles. The van der Waals surface area contributed by atoms with E-state index in [0.29, 0.717) is 0 Å². The quantitative estimate of drug-likeness (QED) is 0.817. The first-order valence-electron chi connectivity index (χ1n) is 7.01. The predicted molar refractivity (Wildman–Crippen MR) is 87.1 cm³/mol. The number of piperazine rings is 1. The van der Waals surface area contributed by atoms with Gasteiger partial charge in [-0.2, -0.15) is 5.10 Å². The van der Waals surface area contributed by atoms with Crippen molar-refractivity contribution in [2.75, 3.05) is 31.1 Å². The van der Waals surface area contributed by atoms with E-state index in [2.05, 4.69) is 32.1 Å². The van der Waals surface area contributed by atoms with Crippen molar-refractivity contribution in [3.8, 4) is 0 Å². The molecule has 3 rings (SSSR count). The number of pyridine rings is 1. The lowest BCUT2D eigenvalue weighted by atomic mass is 10.2. The Morgan fingerprint density at radius 3 is 2.29 bits per heavy atom. The molecule has 0 unspecified atom stereocenters. The van der Waals surface area contributed by atoms with Crippen molar-refractivity contribution < 1.29 is 0 Å². The van der Waals surface area contributed by atoms with Gasteiger partial charge in [-0.25, -0.2) is 0 Å². The smallest absolute Gasteiger partial charge is 0.0544 e. The van der Waals surface area contributed by atoms with Crippen LogP contribution in [0.4, 0.5) is 5.69 Å². The maximum Gasteiger partial charge on any atom is 0.0544 e. The van der Waals surface area contributed by atoms with E-state index in [-0.39, 0.29) is 0 Å². The Morgan fingerprint density at radius 2 is 1.62 bits per heavy atom. The molecule has 1 aliphatic rings. The molecule has 0 radical (unpaired) electrons. The van der Waals surface area contributed by atoms with Crippen molar-refractivity contribution in [3.05, 3.63) is 59.4 Å². The monoisotopic (exact) mass is 300 g/mol. The summed E-state index contributed by atoms with van der Waals surface area (Å²) >= 11 is 5.92. The highest BCUT2D eigenvalue weighted by Gasteiger charge is 2.15. The van der Waals surface area contributed by atoms with E-state index in [1.165, 1.54) is 5.69 Å². The number of hydrogen-bond acceptors (Lipinski definition) is 4. The minimum absolute atomic E-state index is 0.777. The van der Waals surface area contributed by atoms with Gasteiger partial charge in [0.2, 0.25) is 0 Å². The average molecular weight is 301 g/mol. The Balaban J connectivity index is 1.55. The lowest BCUT2D eigenvalue weighted by molar-refractivity contribution is 0.272. The molecule has 0 saturated carbocycles. The van der Waals surface area contributed by atoms with E-state index in [1.807, 2.05) is 30.5 Å². The zero-order valence-corrected chi connectivity index (χ0v) is 12.4. The van der Waals surface area contributed by atoms with Crippen LogP contribution in [0.1, 0.15) is 5.56 Å². The Kier molecular flexibility index (Phi) is 4.36. The first kappa shape index (κ1) is 13.9. The fraction of sp³-hybridized carbons (Fsp3) is 0.250. The first-order valence-corrected chi connectivity index (χ1v) is 7.38. The Hall–Kier alpha value is -2.07. The molecule has 1 saturated heterocycles. The van der Waals surface area contributed by atoms with Crippen molar-refractivity contribution in [2.45, 2.75) is 0 Å². The van der Waals surface area contributed by atoms with Crippen LogP contribution in [0.5, 0.6) is 0 Å². The molecule has 1 aliphatic heterocycles. The third kappa shape index (κ3) is 3.73. The molecule has 1 aromatic carbocycles. The summed E-state index contributed by atoms with van der Waals surface area (Å²) in [5.74, 6) is 0. The largest absolute Gasteiger partial charge is 0.368 e. The molecule has 5 heteroatoms.